The number of aromatic nitrogens is 1. The van der Waals surface area contributed by atoms with Crippen molar-refractivity contribution in [2.45, 2.75) is 26.7 Å². The van der Waals surface area contributed by atoms with Gasteiger partial charge in [-0.2, -0.15) is 0 Å². The van der Waals surface area contributed by atoms with Crippen molar-refractivity contribution in [1.29, 1.82) is 0 Å². The number of rotatable bonds is 4. The minimum Gasteiger partial charge on any atom is -0.310 e. The monoisotopic (exact) mass is 364 g/mol. The molecule has 5 nitrogen and oxygen atoms in total. The Bertz CT molecular complexity index is 919. The molecule has 0 aliphatic carbocycles. The molecule has 1 aliphatic heterocycles. The van der Waals surface area contributed by atoms with Gasteiger partial charge in [-0.25, -0.2) is 19.3 Å². The van der Waals surface area contributed by atoms with Crippen LogP contribution in [0.1, 0.15) is 25.3 Å². The van der Waals surface area contributed by atoms with E-state index in [-0.39, 0.29) is 18.2 Å². The van der Waals surface area contributed by atoms with Crippen molar-refractivity contribution in [3.8, 4) is 0 Å². The summed E-state index contributed by atoms with van der Waals surface area (Å²) in [5.41, 5.74) is 2.12. The molecule has 0 saturated carbocycles. The van der Waals surface area contributed by atoms with Crippen LogP contribution in [0, 0.1) is 6.92 Å². The molecule has 3 rings (SSSR count). The summed E-state index contributed by atoms with van der Waals surface area (Å²) in [6.07, 6.45) is 4.97. The van der Waals surface area contributed by atoms with Gasteiger partial charge in [-0.1, -0.05) is 31.2 Å². The van der Waals surface area contributed by atoms with Crippen LogP contribution >= 0.6 is 0 Å². The molecule has 0 radical (unpaired) electrons. The molecule has 1 amide bonds. The average molecular weight is 364 g/mol. The van der Waals surface area contributed by atoms with E-state index in [0.29, 0.717) is 29.6 Å². The van der Waals surface area contributed by atoms with Gasteiger partial charge in [0, 0.05) is 6.20 Å². The third kappa shape index (κ3) is 4.47. The van der Waals surface area contributed by atoms with Gasteiger partial charge in [0.25, 0.3) is 0 Å². The summed E-state index contributed by atoms with van der Waals surface area (Å²) in [5, 5.41) is 3.15. The van der Waals surface area contributed by atoms with E-state index in [1.807, 2.05) is 49.4 Å². The first-order valence-corrected chi connectivity index (χ1v) is 8.79. The number of amides is 1. The number of aliphatic imine (C=N–C) groups is 1. The Balaban J connectivity index is 2.03. The molecule has 0 saturated heterocycles. The first kappa shape index (κ1) is 18.5. The standard InChI is InChI=1S/C21H21FN4O/c1-3-16(22)11-12-17-14-19(27)26(18-9-5-4-6-10-18)21(24-17)25-20-15(2)8-7-13-23-20/h4-13H,3,14H2,1-2H3,(H,23,24,25)/b16-11+,17-12+. The van der Waals surface area contributed by atoms with Crippen molar-refractivity contribution < 1.29 is 9.18 Å². The van der Waals surface area contributed by atoms with E-state index >= 15 is 0 Å². The zero-order chi connectivity index (χ0) is 19.2. The molecule has 0 spiro atoms. The summed E-state index contributed by atoms with van der Waals surface area (Å²) in [7, 11) is 0. The summed E-state index contributed by atoms with van der Waals surface area (Å²) in [4.78, 5) is 23.2. The number of anilines is 2. The lowest BCUT2D eigenvalue weighted by atomic mass is 10.2. The van der Waals surface area contributed by atoms with Gasteiger partial charge in [-0.05, 0) is 49.3 Å². The van der Waals surface area contributed by atoms with Gasteiger partial charge in [-0.15, -0.1) is 0 Å². The van der Waals surface area contributed by atoms with Gasteiger partial charge in [0.1, 0.15) is 5.82 Å². The number of halogens is 1. The van der Waals surface area contributed by atoms with Gasteiger partial charge in [0.05, 0.1) is 23.6 Å². The van der Waals surface area contributed by atoms with Crippen molar-refractivity contribution in [2.75, 3.05) is 10.2 Å². The largest absolute Gasteiger partial charge is 0.310 e. The summed E-state index contributed by atoms with van der Waals surface area (Å²) < 4.78 is 13.5. The molecular formula is C21H21FN4O. The van der Waals surface area contributed by atoms with Gasteiger partial charge >= 0.3 is 0 Å². The fourth-order valence-electron chi connectivity index (χ4n) is 2.63. The summed E-state index contributed by atoms with van der Waals surface area (Å²) in [6.45, 7) is 3.65. The average Bonchev–Trinajstić information content (AvgIpc) is 2.68. The van der Waals surface area contributed by atoms with E-state index in [0.717, 1.165) is 5.56 Å². The highest BCUT2D eigenvalue weighted by atomic mass is 19.1. The van der Waals surface area contributed by atoms with Crippen molar-refractivity contribution in [3.63, 3.8) is 0 Å². The van der Waals surface area contributed by atoms with Gasteiger partial charge in [-0.3, -0.25) is 4.79 Å². The number of hydrogen-bond acceptors (Lipinski definition) is 4. The maximum absolute atomic E-state index is 13.5. The number of benzene rings is 1. The van der Waals surface area contributed by atoms with Crippen molar-refractivity contribution in [2.24, 2.45) is 4.99 Å². The van der Waals surface area contributed by atoms with Crippen LogP contribution in [-0.2, 0) is 4.79 Å². The van der Waals surface area contributed by atoms with Crippen LogP contribution in [0.25, 0.3) is 0 Å². The maximum Gasteiger partial charge on any atom is 0.239 e. The van der Waals surface area contributed by atoms with Crippen LogP contribution in [0.3, 0.4) is 0 Å². The Labute approximate surface area is 158 Å². The first-order valence-electron chi connectivity index (χ1n) is 8.79. The van der Waals surface area contributed by atoms with E-state index < -0.39 is 0 Å². The second kappa shape index (κ2) is 8.40. The fourth-order valence-corrected chi connectivity index (χ4v) is 2.63. The normalized spacial score (nSPS) is 16.5. The highest BCUT2D eigenvalue weighted by Crippen LogP contribution is 2.24. The van der Waals surface area contributed by atoms with E-state index in [9.17, 15) is 9.18 Å². The minimum atomic E-state index is -0.259. The summed E-state index contributed by atoms with van der Waals surface area (Å²) >= 11 is 0. The predicted molar refractivity (Wildman–Crippen MR) is 106 cm³/mol. The molecule has 0 fully saturated rings. The highest BCUT2D eigenvalue weighted by molar-refractivity contribution is 6.22. The van der Waals surface area contributed by atoms with Crippen LogP contribution in [0.15, 0.2) is 77.3 Å². The molecule has 1 aromatic heterocycles. The minimum absolute atomic E-state index is 0.0920. The molecule has 0 atom stereocenters. The van der Waals surface area contributed by atoms with Crippen molar-refractivity contribution in [1.82, 2.24) is 4.98 Å². The van der Waals surface area contributed by atoms with Crippen molar-refractivity contribution >= 4 is 23.4 Å². The Kier molecular flexibility index (Phi) is 5.76. The number of nitrogens with one attached hydrogen (secondary N) is 1. The smallest absolute Gasteiger partial charge is 0.239 e. The highest BCUT2D eigenvalue weighted by Gasteiger charge is 2.27. The van der Waals surface area contributed by atoms with Crippen LogP contribution in [0.4, 0.5) is 15.9 Å². The lowest BCUT2D eigenvalue weighted by Crippen LogP contribution is -2.44. The fraction of sp³-hybridized carbons (Fsp3) is 0.190. The number of nitrogens with zero attached hydrogens (tertiary/aromatic N) is 3. The molecule has 2 heterocycles. The lowest BCUT2D eigenvalue weighted by molar-refractivity contribution is -0.117. The van der Waals surface area contributed by atoms with E-state index in [1.165, 1.54) is 11.0 Å². The lowest BCUT2D eigenvalue weighted by Gasteiger charge is -2.28. The van der Waals surface area contributed by atoms with Gasteiger partial charge in [0.15, 0.2) is 0 Å². The van der Waals surface area contributed by atoms with Crippen LogP contribution in [-0.4, -0.2) is 16.9 Å². The number of para-hydroxylation sites is 1. The molecule has 6 heteroatoms. The SMILES string of the molecule is CC/C(F)=C\C=C1/CC(=O)N(c2ccccc2)C(Nc2ncccc2C)=N1. The number of carbonyl (C=O) groups excluding carboxylic acids is 1. The Hall–Kier alpha value is -3.28. The molecule has 1 aromatic carbocycles. The molecule has 138 valence electrons. The third-order valence-electron chi connectivity index (χ3n) is 4.09. The molecule has 1 aliphatic rings. The zero-order valence-electron chi connectivity index (χ0n) is 15.3. The Morgan fingerprint density at radius 2 is 2.04 bits per heavy atom. The molecular weight excluding hydrogens is 343 g/mol. The topological polar surface area (TPSA) is 57.6 Å². The molecule has 0 unspecified atom stereocenters. The number of hydrogen-bond donors (Lipinski definition) is 1. The number of guanidine groups is 1. The molecule has 0 bridgehead atoms. The molecule has 1 N–H and O–H groups in total. The third-order valence-corrected chi connectivity index (χ3v) is 4.09. The van der Waals surface area contributed by atoms with E-state index in [2.05, 4.69) is 15.3 Å². The molecule has 2 aromatic rings. The van der Waals surface area contributed by atoms with Crippen LogP contribution in [0.5, 0.6) is 0 Å². The zero-order valence-corrected chi connectivity index (χ0v) is 15.3. The van der Waals surface area contributed by atoms with Crippen LogP contribution < -0.4 is 10.2 Å². The number of pyridine rings is 1. The number of allylic oxidation sites excluding steroid dienone is 3. The first-order chi connectivity index (χ1) is 13.1. The predicted octanol–water partition coefficient (Wildman–Crippen LogP) is 4.74. The van der Waals surface area contributed by atoms with Crippen molar-refractivity contribution in [3.05, 3.63) is 77.9 Å². The van der Waals surface area contributed by atoms with Gasteiger partial charge in [0.2, 0.25) is 11.9 Å². The maximum atomic E-state index is 13.5. The number of aryl methyl sites for hydroxylation is 1. The molecule has 27 heavy (non-hydrogen) atoms. The summed E-state index contributed by atoms with van der Waals surface area (Å²) in [6, 6.07) is 13.0. The quantitative estimate of drug-likeness (QED) is 0.852. The Morgan fingerprint density at radius 1 is 1.26 bits per heavy atom. The summed E-state index contributed by atoms with van der Waals surface area (Å²) in [5.74, 6) is 0.548. The second-order valence-corrected chi connectivity index (χ2v) is 6.10. The van der Waals surface area contributed by atoms with Gasteiger partial charge < -0.3 is 5.32 Å². The van der Waals surface area contributed by atoms with E-state index in [1.54, 1.807) is 19.2 Å². The second-order valence-electron chi connectivity index (χ2n) is 6.10. The van der Waals surface area contributed by atoms with E-state index in [4.69, 9.17) is 0 Å². The Morgan fingerprint density at radius 3 is 2.74 bits per heavy atom. The van der Waals surface area contributed by atoms with Crippen LogP contribution in [0.2, 0.25) is 0 Å². The number of carbonyl (C=O) groups is 1.